The van der Waals surface area contributed by atoms with Gasteiger partial charge in [0.05, 0.1) is 6.61 Å². The van der Waals surface area contributed by atoms with Crippen LogP contribution in [0.3, 0.4) is 0 Å². The second-order valence-electron chi connectivity index (χ2n) is 2.73. The first-order valence-corrected chi connectivity index (χ1v) is 4.62. The van der Waals surface area contributed by atoms with Crippen LogP contribution < -0.4 is 16.0 Å². The Morgan fingerprint density at radius 1 is 1.47 bits per heavy atom. The lowest BCUT2D eigenvalue weighted by molar-refractivity contribution is -0.153. The molecule has 0 saturated carbocycles. The molecule has 0 aliphatic heterocycles. The number of nitrogens with two attached hydrogens (primary N) is 1. The molecule has 1 unspecified atom stereocenters. The van der Waals surface area contributed by atoms with Crippen molar-refractivity contribution in [3.63, 3.8) is 0 Å². The molecule has 15 heavy (non-hydrogen) atoms. The van der Waals surface area contributed by atoms with E-state index in [-0.39, 0.29) is 6.61 Å². The third-order valence-electron chi connectivity index (χ3n) is 1.65. The van der Waals surface area contributed by atoms with Crippen molar-refractivity contribution >= 4 is 5.97 Å². The fourth-order valence-electron chi connectivity index (χ4n) is 1.00. The maximum absolute atomic E-state index is 11.3. The summed E-state index contributed by atoms with van der Waals surface area (Å²) in [4.78, 5) is 11.3. The van der Waals surface area contributed by atoms with E-state index in [1.807, 2.05) is 6.07 Å². The predicted molar refractivity (Wildman–Crippen MR) is 54.8 cm³/mol. The standard InChI is InChI=1S/C10H14N2O3/c1-2-14-10(13)9(12-11)15-8-6-4-3-5-7-8/h3-7,9,12H,2,11H2,1H3. The Labute approximate surface area is 88.1 Å². The maximum Gasteiger partial charge on any atom is 0.364 e. The van der Waals surface area contributed by atoms with Crippen LogP contribution in [0.1, 0.15) is 6.92 Å². The van der Waals surface area contributed by atoms with Gasteiger partial charge in [-0.1, -0.05) is 18.2 Å². The molecule has 0 radical (unpaired) electrons. The normalized spacial score (nSPS) is 11.9. The van der Waals surface area contributed by atoms with Crippen molar-refractivity contribution in [3.05, 3.63) is 30.3 Å². The van der Waals surface area contributed by atoms with Gasteiger partial charge in [-0.05, 0) is 19.1 Å². The Hall–Kier alpha value is -1.59. The number of rotatable bonds is 5. The highest BCUT2D eigenvalue weighted by atomic mass is 16.6. The average Bonchev–Trinajstić information content (AvgIpc) is 2.27. The molecule has 1 rings (SSSR count). The van der Waals surface area contributed by atoms with Crippen LogP contribution >= 0.6 is 0 Å². The predicted octanol–water partition coefficient (Wildman–Crippen LogP) is 0.418. The van der Waals surface area contributed by atoms with E-state index in [4.69, 9.17) is 15.3 Å². The monoisotopic (exact) mass is 210 g/mol. The first-order chi connectivity index (χ1) is 7.27. The van der Waals surface area contributed by atoms with Crippen LogP contribution in [0.2, 0.25) is 0 Å². The Balaban J connectivity index is 2.58. The summed E-state index contributed by atoms with van der Waals surface area (Å²) in [7, 11) is 0. The van der Waals surface area contributed by atoms with E-state index < -0.39 is 12.2 Å². The summed E-state index contributed by atoms with van der Waals surface area (Å²) in [5.41, 5.74) is 2.24. The minimum atomic E-state index is -0.979. The minimum absolute atomic E-state index is 0.287. The lowest BCUT2D eigenvalue weighted by Gasteiger charge is -2.15. The highest BCUT2D eigenvalue weighted by Crippen LogP contribution is 2.10. The number of ether oxygens (including phenoxy) is 2. The largest absolute Gasteiger partial charge is 0.463 e. The zero-order valence-corrected chi connectivity index (χ0v) is 8.47. The molecule has 0 aliphatic carbocycles. The van der Waals surface area contributed by atoms with Crippen LogP contribution in [0.15, 0.2) is 30.3 Å². The Bertz CT molecular complexity index is 303. The molecule has 1 aromatic rings. The number of carbonyl (C=O) groups is 1. The van der Waals surface area contributed by atoms with E-state index >= 15 is 0 Å². The van der Waals surface area contributed by atoms with Crippen LogP contribution in [0.25, 0.3) is 0 Å². The molecule has 0 fully saturated rings. The molecule has 1 aromatic carbocycles. The van der Waals surface area contributed by atoms with Gasteiger partial charge in [0.25, 0.3) is 6.23 Å². The van der Waals surface area contributed by atoms with Crippen LogP contribution in [0.5, 0.6) is 5.75 Å². The van der Waals surface area contributed by atoms with E-state index in [1.165, 1.54) is 0 Å². The van der Waals surface area contributed by atoms with Crippen molar-refractivity contribution in [3.8, 4) is 5.75 Å². The number of nitrogens with one attached hydrogen (secondary N) is 1. The lowest BCUT2D eigenvalue weighted by Crippen LogP contribution is -2.46. The number of hydrogen-bond donors (Lipinski definition) is 2. The van der Waals surface area contributed by atoms with Gasteiger partial charge in [-0.2, -0.15) is 0 Å². The lowest BCUT2D eigenvalue weighted by atomic mass is 10.3. The summed E-state index contributed by atoms with van der Waals surface area (Å²) in [6, 6.07) is 8.90. The van der Waals surface area contributed by atoms with Crippen molar-refractivity contribution < 1.29 is 14.3 Å². The first kappa shape index (κ1) is 11.5. The smallest absolute Gasteiger partial charge is 0.364 e. The number of hydrogen-bond acceptors (Lipinski definition) is 5. The minimum Gasteiger partial charge on any atom is -0.463 e. The Morgan fingerprint density at radius 3 is 2.67 bits per heavy atom. The van der Waals surface area contributed by atoms with E-state index in [0.717, 1.165) is 0 Å². The molecule has 1 atom stereocenters. The molecule has 0 spiro atoms. The van der Waals surface area contributed by atoms with Gasteiger partial charge in [0.15, 0.2) is 0 Å². The molecule has 5 heteroatoms. The van der Waals surface area contributed by atoms with Gasteiger partial charge in [0, 0.05) is 0 Å². The van der Waals surface area contributed by atoms with E-state index in [0.29, 0.717) is 5.75 Å². The zero-order chi connectivity index (χ0) is 11.1. The average molecular weight is 210 g/mol. The highest BCUT2D eigenvalue weighted by Gasteiger charge is 2.19. The maximum atomic E-state index is 11.3. The molecule has 82 valence electrons. The third-order valence-corrected chi connectivity index (χ3v) is 1.65. The number of hydrazine groups is 1. The summed E-state index contributed by atoms with van der Waals surface area (Å²) >= 11 is 0. The number of para-hydroxylation sites is 1. The molecule has 0 heterocycles. The van der Waals surface area contributed by atoms with Gasteiger partial charge in [0.1, 0.15) is 5.75 Å². The van der Waals surface area contributed by atoms with Crippen molar-refractivity contribution in [2.24, 2.45) is 5.84 Å². The number of carbonyl (C=O) groups excluding carboxylic acids is 1. The van der Waals surface area contributed by atoms with Gasteiger partial charge in [-0.15, -0.1) is 0 Å². The van der Waals surface area contributed by atoms with Crippen LogP contribution in [0.4, 0.5) is 0 Å². The van der Waals surface area contributed by atoms with Gasteiger partial charge in [-0.25, -0.2) is 10.2 Å². The van der Waals surface area contributed by atoms with E-state index in [1.54, 1.807) is 31.2 Å². The number of esters is 1. The Morgan fingerprint density at radius 2 is 2.13 bits per heavy atom. The SMILES string of the molecule is CCOC(=O)C(NN)Oc1ccccc1. The molecule has 5 nitrogen and oxygen atoms in total. The van der Waals surface area contributed by atoms with Crippen molar-refractivity contribution in [1.82, 2.24) is 5.43 Å². The second kappa shape index (κ2) is 6.00. The number of benzene rings is 1. The van der Waals surface area contributed by atoms with Crippen molar-refractivity contribution in [2.45, 2.75) is 13.2 Å². The quantitative estimate of drug-likeness (QED) is 0.319. The van der Waals surface area contributed by atoms with Gasteiger partial charge < -0.3 is 9.47 Å². The molecular weight excluding hydrogens is 196 g/mol. The van der Waals surface area contributed by atoms with E-state index in [9.17, 15) is 4.79 Å². The molecule has 3 N–H and O–H groups in total. The fourth-order valence-corrected chi connectivity index (χ4v) is 1.00. The summed E-state index contributed by atoms with van der Waals surface area (Å²) in [5, 5.41) is 0. The second-order valence-corrected chi connectivity index (χ2v) is 2.73. The fraction of sp³-hybridized carbons (Fsp3) is 0.300. The highest BCUT2D eigenvalue weighted by molar-refractivity contribution is 5.74. The van der Waals surface area contributed by atoms with Crippen LogP contribution in [-0.2, 0) is 9.53 Å². The first-order valence-electron chi connectivity index (χ1n) is 4.62. The molecule has 0 aliphatic rings. The van der Waals surface area contributed by atoms with Gasteiger partial charge in [0.2, 0.25) is 0 Å². The van der Waals surface area contributed by atoms with Crippen LogP contribution in [0, 0.1) is 0 Å². The summed E-state index contributed by atoms with van der Waals surface area (Å²) in [6.07, 6.45) is -0.979. The van der Waals surface area contributed by atoms with Crippen LogP contribution in [-0.4, -0.2) is 18.8 Å². The molecule has 0 bridgehead atoms. The summed E-state index contributed by atoms with van der Waals surface area (Å²) in [6.45, 7) is 2.00. The Kier molecular flexibility index (Phi) is 4.59. The van der Waals surface area contributed by atoms with Gasteiger partial charge >= 0.3 is 5.97 Å². The topological polar surface area (TPSA) is 73.6 Å². The van der Waals surface area contributed by atoms with Crippen molar-refractivity contribution in [1.29, 1.82) is 0 Å². The molecule has 0 amide bonds. The van der Waals surface area contributed by atoms with Crippen molar-refractivity contribution in [2.75, 3.05) is 6.61 Å². The molecular formula is C10H14N2O3. The summed E-state index contributed by atoms with van der Waals surface area (Å²) < 4.78 is 10.0. The third kappa shape index (κ3) is 3.57. The molecule has 0 aromatic heterocycles. The molecule has 0 saturated heterocycles. The zero-order valence-electron chi connectivity index (χ0n) is 8.47. The summed E-state index contributed by atoms with van der Waals surface area (Å²) in [5.74, 6) is 5.19. The van der Waals surface area contributed by atoms with Gasteiger partial charge in [-0.3, -0.25) is 5.84 Å². The van der Waals surface area contributed by atoms with E-state index in [2.05, 4.69) is 5.43 Å².